The maximum atomic E-state index is 3.82. The van der Waals surface area contributed by atoms with Crippen molar-refractivity contribution in [3.8, 4) is 0 Å². The van der Waals surface area contributed by atoms with Crippen LogP contribution in [0.25, 0.3) is 12.2 Å². The van der Waals surface area contributed by atoms with Gasteiger partial charge in [0, 0.05) is 0 Å². The molecule has 0 aliphatic heterocycles. The highest BCUT2D eigenvalue weighted by Gasteiger charge is 2.11. The third-order valence-electron chi connectivity index (χ3n) is 3.45. The van der Waals surface area contributed by atoms with Gasteiger partial charge in [0.05, 0.1) is 0 Å². The highest BCUT2D eigenvalue weighted by atomic mass is 14.2. The Morgan fingerprint density at radius 2 is 1.94 bits per heavy atom. The summed E-state index contributed by atoms with van der Waals surface area (Å²) < 4.78 is 0. The first-order chi connectivity index (χ1) is 8.85. The summed E-state index contributed by atoms with van der Waals surface area (Å²) in [7, 11) is 0. The van der Waals surface area contributed by atoms with Crippen molar-refractivity contribution in [2.45, 2.75) is 12.8 Å². The fraction of sp³-hybridized carbons (Fsp3) is 0.111. The van der Waals surface area contributed by atoms with E-state index in [1.807, 2.05) is 6.08 Å². The van der Waals surface area contributed by atoms with Crippen molar-refractivity contribution in [1.29, 1.82) is 0 Å². The molecule has 0 saturated carbocycles. The van der Waals surface area contributed by atoms with Crippen LogP contribution in [0.5, 0.6) is 0 Å². The van der Waals surface area contributed by atoms with Gasteiger partial charge in [-0.1, -0.05) is 72.8 Å². The lowest BCUT2D eigenvalue weighted by Gasteiger charge is -2.04. The molecule has 0 amide bonds. The predicted octanol–water partition coefficient (Wildman–Crippen LogP) is 4.51. The zero-order chi connectivity index (χ0) is 12.4. The molecule has 0 radical (unpaired) electrons. The Morgan fingerprint density at radius 3 is 2.78 bits per heavy atom. The van der Waals surface area contributed by atoms with Crippen LogP contribution in [0, 0.1) is 0 Å². The van der Waals surface area contributed by atoms with Crippen molar-refractivity contribution >= 4 is 12.2 Å². The van der Waals surface area contributed by atoms with Crippen LogP contribution in [0.4, 0.5) is 0 Å². The summed E-state index contributed by atoms with van der Waals surface area (Å²) in [6.07, 6.45) is 6.36. The number of benzene rings is 2. The lowest BCUT2D eigenvalue weighted by molar-refractivity contribution is 1.07. The van der Waals surface area contributed by atoms with E-state index in [-0.39, 0.29) is 0 Å². The minimum absolute atomic E-state index is 1.04. The summed E-state index contributed by atoms with van der Waals surface area (Å²) in [5.41, 5.74) is 6.90. The van der Waals surface area contributed by atoms with E-state index < -0.39 is 0 Å². The van der Waals surface area contributed by atoms with Crippen molar-refractivity contribution < 1.29 is 0 Å². The van der Waals surface area contributed by atoms with Gasteiger partial charge < -0.3 is 0 Å². The third kappa shape index (κ3) is 2.14. The SMILES string of the molecule is C=Cc1cccc(CC2=Cc3ccccc3C2)c1. The molecule has 0 N–H and O–H groups in total. The van der Waals surface area contributed by atoms with Crippen LogP contribution >= 0.6 is 0 Å². The van der Waals surface area contributed by atoms with E-state index in [1.54, 1.807) is 0 Å². The Morgan fingerprint density at radius 1 is 1.06 bits per heavy atom. The molecule has 0 unspecified atom stereocenters. The Bertz CT molecular complexity index is 617. The molecule has 1 aliphatic rings. The molecule has 18 heavy (non-hydrogen) atoms. The van der Waals surface area contributed by atoms with E-state index in [0.717, 1.165) is 12.8 Å². The Kier molecular flexibility index (Phi) is 2.85. The van der Waals surface area contributed by atoms with Gasteiger partial charge in [-0.25, -0.2) is 0 Å². The maximum absolute atomic E-state index is 3.82. The number of hydrogen-bond acceptors (Lipinski definition) is 0. The first-order valence-corrected chi connectivity index (χ1v) is 6.34. The van der Waals surface area contributed by atoms with Gasteiger partial charge in [0.15, 0.2) is 0 Å². The molecule has 1 aliphatic carbocycles. The lowest BCUT2D eigenvalue weighted by atomic mass is 10.0. The van der Waals surface area contributed by atoms with Crippen LogP contribution in [0.1, 0.15) is 22.3 Å². The molecule has 0 heteroatoms. The van der Waals surface area contributed by atoms with Crippen LogP contribution in [-0.4, -0.2) is 0 Å². The lowest BCUT2D eigenvalue weighted by Crippen LogP contribution is -1.91. The van der Waals surface area contributed by atoms with Gasteiger partial charge in [-0.2, -0.15) is 0 Å². The molecule has 0 fully saturated rings. The second-order valence-corrected chi connectivity index (χ2v) is 4.80. The Balaban J connectivity index is 1.81. The molecule has 2 aromatic rings. The quantitative estimate of drug-likeness (QED) is 0.730. The fourth-order valence-corrected chi connectivity index (χ4v) is 2.56. The van der Waals surface area contributed by atoms with Crippen LogP contribution in [0.2, 0.25) is 0 Å². The average molecular weight is 232 g/mol. The molecule has 88 valence electrons. The number of fused-ring (bicyclic) bond motifs is 1. The van der Waals surface area contributed by atoms with Crippen molar-refractivity contribution in [2.24, 2.45) is 0 Å². The van der Waals surface area contributed by atoms with E-state index in [2.05, 4.69) is 61.2 Å². The molecular weight excluding hydrogens is 216 g/mol. The van der Waals surface area contributed by atoms with Crippen molar-refractivity contribution in [1.82, 2.24) is 0 Å². The zero-order valence-corrected chi connectivity index (χ0v) is 10.4. The second-order valence-electron chi connectivity index (χ2n) is 4.80. The standard InChI is InChI=1S/C18H16/c1-2-14-6-5-7-15(10-14)11-16-12-17-8-3-4-9-18(17)13-16/h2-10,12H,1,11,13H2. The number of rotatable bonds is 3. The highest BCUT2D eigenvalue weighted by molar-refractivity contribution is 5.64. The Hall–Kier alpha value is -2.08. The molecule has 0 atom stereocenters. The topological polar surface area (TPSA) is 0 Å². The highest BCUT2D eigenvalue weighted by Crippen LogP contribution is 2.27. The van der Waals surface area contributed by atoms with Gasteiger partial charge in [-0.05, 0) is 35.1 Å². The van der Waals surface area contributed by atoms with Gasteiger partial charge in [0.25, 0.3) is 0 Å². The van der Waals surface area contributed by atoms with Gasteiger partial charge in [-0.15, -0.1) is 0 Å². The third-order valence-corrected chi connectivity index (χ3v) is 3.45. The van der Waals surface area contributed by atoms with Gasteiger partial charge in [0.1, 0.15) is 0 Å². The van der Waals surface area contributed by atoms with E-state index in [0.29, 0.717) is 0 Å². The van der Waals surface area contributed by atoms with Crippen LogP contribution in [0.15, 0.2) is 60.7 Å². The second kappa shape index (κ2) is 4.66. The summed E-state index contributed by atoms with van der Waals surface area (Å²) in [4.78, 5) is 0. The van der Waals surface area contributed by atoms with Crippen molar-refractivity contribution in [2.75, 3.05) is 0 Å². The largest absolute Gasteiger partial charge is 0.0985 e. The smallest absolute Gasteiger partial charge is 0.00545 e. The van der Waals surface area contributed by atoms with Crippen molar-refractivity contribution in [3.63, 3.8) is 0 Å². The zero-order valence-electron chi connectivity index (χ0n) is 10.4. The summed E-state index contributed by atoms with van der Waals surface area (Å²) in [5, 5.41) is 0. The molecule has 0 saturated heterocycles. The van der Waals surface area contributed by atoms with E-state index in [9.17, 15) is 0 Å². The van der Waals surface area contributed by atoms with Crippen LogP contribution < -0.4 is 0 Å². The van der Waals surface area contributed by atoms with Crippen LogP contribution in [-0.2, 0) is 12.8 Å². The van der Waals surface area contributed by atoms with Gasteiger partial charge in [-0.3, -0.25) is 0 Å². The number of hydrogen-bond donors (Lipinski definition) is 0. The summed E-state index contributed by atoms with van der Waals surface area (Å²) in [6.45, 7) is 3.82. The molecule has 3 rings (SSSR count). The monoisotopic (exact) mass is 232 g/mol. The molecule has 0 heterocycles. The molecular formula is C18H16. The minimum Gasteiger partial charge on any atom is -0.0985 e. The van der Waals surface area contributed by atoms with Gasteiger partial charge in [0.2, 0.25) is 0 Å². The van der Waals surface area contributed by atoms with E-state index >= 15 is 0 Å². The van der Waals surface area contributed by atoms with Crippen LogP contribution in [0.3, 0.4) is 0 Å². The average Bonchev–Trinajstić information content (AvgIpc) is 2.81. The van der Waals surface area contributed by atoms with Crippen molar-refractivity contribution in [3.05, 3.63) is 82.9 Å². The summed E-state index contributed by atoms with van der Waals surface area (Å²) in [6, 6.07) is 17.3. The molecule has 2 aromatic carbocycles. The summed E-state index contributed by atoms with van der Waals surface area (Å²) >= 11 is 0. The molecule has 0 spiro atoms. The molecule has 0 nitrogen and oxygen atoms in total. The Labute approximate surface area is 108 Å². The molecule has 0 bridgehead atoms. The van der Waals surface area contributed by atoms with E-state index in [1.165, 1.54) is 27.8 Å². The minimum atomic E-state index is 1.04. The molecule has 0 aromatic heterocycles. The predicted molar refractivity (Wildman–Crippen MR) is 78.4 cm³/mol. The van der Waals surface area contributed by atoms with E-state index in [4.69, 9.17) is 0 Å². The van der Waals surface area contributed by atoms with Gasteiger partial charge >= 0.3 is 0 Å². The number of allylic oxidation sites excluding steroid dienone is 1. The summed E-state index contributed by atoms with van der Waals surface area (Å²) in [5.74, 6) is 0. The normalized spacial score (nSPS) is 13.0. The first-order valence-electron chi connectivity index (χ1n) is 6.34. The first kappa shape index (κ1) is 11.0. The fourth-order valence-electron chi connectivity index (χ4n) is 2.56. The maximum Gasteiger partial charge on any atom is -0.00545 e.